The number of hydrogen-bond acceptors (Lipinski definition) is 5. The maximum atomic E-state index is 10.5. The van der Waals surface area contributed by atoms with E-state index in [1.165, 1.54) is 16.9 Å². The lowest BCUT2D eigenvalue weighted by molar-refractivity contribution is -0.136. The fourth-order valence-corrected chi connectivity index (χ4v) is 3.10. The van der Waals surface area contributed by atoms with Crippen LogP contribution in [-0.2, 0) is 11.2 Å². The van der Waals surface area contributed by atoms with Crippen molar-refractivity contribution in [1.29, 1.82) is 0 Å². The van der Waals surface area contributed by atoms with Gasteiger partial charge in [0.05, 0.1) is 18.2 Å². The zero-order valence-corrected chi connectivity index (χ0v) is 11.6. The first-order chi connectivity index (χ1) is 8.65. The highest BCUT2D eigenvalue weighted by Gasteiger charge is 2.09. The molecule has 1 unspecified atom stereocenters. The molecule has 0 aromatic carbocycles. The van der Waals surface area contributed by atoms with Crippen LogP contribution in [0, 0.1) is 0 Å². The van der Waals surface area contributed by atoms with Crippen molar-refractivity contribution in [2.75, 3.05) is 5.32 Å². The number of nitrogens with one attached hydrogen (secondary N) is 1. The number of carbonyl (C=O) groups is 1. The maximum Gasteiger partial charge on any atom is 0.303 e. The zero-order chi connectivity index (χ0) is 13.0. The van der Waals surface area contributed by atoms with E-state index in [9.17, 15) is 4.79 Å². The molecule has 0 bridgehead atoms. The Balaban J connectivity index is 1.92. The molecule has 2 rings (SSSR count). The van der Waals surface area contributed by atoms with E-state index in [1.54, 1.807) is 11.3 Å². The molecule has 0 saturated heterocycles. The summed E-state index contributed by atoms with van der Waals surface area (Å²) >= 11 is 3.19. The normalized spacial score (nSPS) is 12.3. The number of aliphatic carboxylic acids is 1. The van der Waals surface area contributed by atoms with E-state index in [1.807, 2.05) is 10.8 Å². The molecular formula is C12H14N2O2S2. The summed E-state index contributed by atoms with van der Waals surface area (Å²) in [5, 5.41) is 18.8. The van der Waals surface area contributed by atoms with Crippen molar-refractivity contribution in [3.05, 3.63) is 33.5 Å². The second-order valence-corrected chi connectivity index (χ2v) is 5.60. The van der Waals surface area contributed by atoms with Gasteiger partial charge in [0.2, 0.25) is 0 Å². The first-order valence-corrected chi connectivity index (χ1v) is 7.42. The number of thiophene rings is 1. The number of rotatable bonds is 6. The largest absolute Gasteiger partial charge is 0.481 e. The van der Waals surface area contributed by atoms with Gasteiger partial charge >= 0.3 is 5.97 Å². The number of anilines is 1. The minimum Gasteiger partial charge on any atom is -0.481 e. The molecule has 0 aliphatic carbocycles. The minimum absolute atomic E-state index is 0.128. The van der Waals surface area contributed by atoms with Crippen molar-refractivity contribution in [2.45, 2.75) is 25.8 Å². The first-order valence-electron chi connectivity index (χ1n) is 5.60. The van der Waals surface area contributed by atoms with E-state index in [2.05, 4.69) is 28.7 Å². The standard InChI is InChI=1S/C12H14N2O2S2/c1-8(9-4-5-17-6-9)13-12-14-10(7-18-12)2-3-11(15)16/h4-8H,2-3H2,1H3,(H,13,14)(H,15,16). The van der Waals surface area contributed by atoms with E-state index in [0.29, 0.717) is 6.42 Å². The van der Waals surface area contributed by atoms with E-state index in [4.69, 9.17) is 5.11 Å². The molecule has 1 atom stereocenters. The van der Waals surface area contributed by atoms with Crippen molar-refractivity contribution in [3.63, 3.8) is 0 Å². The topological polar surface area (TPSA) is 62.2 Å². The molecule has 2 aromatic rings. The van der Waals surface area contributed by atoms with Crippen molar-refractivity contribution in [2.24, 2.45) is 0 Å². The Morgan fingerprint density at radius 3 is 3.06 bits per heavy atom. The molecule has 0 saturated carbocycles. The van der Waals surface area contributed by atoms with Gasteiger partial charge in [0.1, 0.15) is 0 Å². The molecule has 0 aliphatic heterocycles. The highest BCUT2D eigenvalue weighted by Crippen LogP contribution is 2.24. The molecule has 0 spiro atoms. The van der Waals surface area contributed by atoms with Gasteiger partial charge in [0.25, 0.3) is 0 Å². The number of carboxylic acids is 1. The Labute approximate surface area is 113 Å². The van der Waals surface area contributed by atoms with Gasteiger partial charge in [-0.25, -0.2) is 4.98 Å². The summed E-state index contributed by atoms with van der Waals surface area (Å²) in [7, 11) is 0. The molecule has 2 heterocycles. The van der Waals surface area contributed by atoms with Crippen LogP contribution in [-0.4, -0.2) is 16.1 Å². The summed E-state index contributed by atoms with van der Waals surface area (Å²) in [5.74, 6) is -0.788. The Kier molecular flexibility index (Phi) is 4.33. The second-order valence-electron chi connectivity index (χ2n) is 3.96. The van der Waals surface area contributed by atoms with Crippen LogP contribution < -0.4 is 5.32 Å². The van der Waals surface area contributed by atoms with Crippen LogP contribution in [0.1, 0.15) is 30.6 Å². The second kappa shape index (κ2) is 5.97. The van der Waals surface area contributed by atoms with Gasteiger partial charge in [-0.1, -0.05) is 0 Å². The first kappa shape index (κ1) is 13.0. The number of hydrogen-bond donors (Lipinski definition) is 2. The van der Waals surface area contributed by atoms with Crippen LogP contribution in [0.3, 0.4) is 0 Å². The quantitative estimate of drug-likeness (QED) is 0.852. The summed E-state index contributed by atoms with van der Waals surface area (Å²) in [6.45, 7) is 2.08. The van der Waals surface area contributed by atoms with Crippen LogP contribution in [0.15, 0.2) is 22.2 Å². The van der Waals surface area contributed by atoms with Gasteiger partial charge in [-0.2, -0.15) is 11.3 Å². The summed E-state index contributed by atoms with van der Waals surface area (Å²) in [6, 6.07) is 2.30. The van der Waals surface area contributed by atoms with E-state index >= 15 is 0 Å². The van der Waals surface area contributed by atoms with Gasteiger partial charge in [0, 0.05) is 11.8 Å². The minimum atomic E-state index is -0.788. The van der Waals surface area contributed by atoms with Crippen LogP contribution in [0.5, 0.6) is 0 Å². The van der Waals surface area contributed by atoms with Gasteiger partial charge < -0.3 is 10.4 Å². The fourth-order valence-electron chi connectivity index (χ4n) is 1.51. The molecule has 96 valence electrons. The molecular weight excluding hydrogens is 268 g/mol. The third-order valence-electron chi connectivity index (χ3n) is 2.53. The van der Waals surface area contributed by atoms with E-state index in [-0.39, 0.29) is 12.5 Å². The molecule has 6 heteroatoms. The van der Waals surface area contributed by atoms with E-state index < -0.39 is 5.97 Å². The highest BCUT2D eigenvalue weighted by molar-refractivity contribution is 7.13. The van der Waals surface area contributed by atoms with Gasteiger partial charge in [-0.05, 0) is 29.3 Å². The van der Waals surface area contributed by atoms with Gasteiger partial charge in [-0.15, -0.1) is 11.3 Å². The number of nitrogens with zero attached hydrogens (tertiary/aromatic N) is 1. The molecule has 0 aliphatic rings. The van der Waals surface area contributed by atoms with Crippen molar-refractivity contribution in [3.8, 4) is 0 Å². The average Bonchev–Trinajstić information content (AvgIpc) is 2.97. The molecule has 4 nitrogen and oxygen atoms in total. The van der Waals surface area contributed by atoms with Crippen LogP contribution in [0.2, 0.25) is 0 Å². The predicted octanol–water partition coefficient (Wildman–Crippen LogP) is 3.39. The Hall–Kier alpha value is -1.40. The Morgan fingerprint density at radius 2 is 2.39 bits per heavy atom. The predicted molar refractivity (Wildman–Crippen MR) is 74.4 cm³/mol. The molecule has 2 aromatic heterocycles. The molecule has 18 heavy (non-hydrogen) atoms. The fraction of sp³-hybridized carbons (Fsp3) is 0.333. The van der Waals surface area contributed by atoms with Crippen molar-refractivity contribution >= 4 is 33.8 Å². The number of aryl methyl sites for hydroxylation is 1. The number of carboxylic acid groups (broad SMARTS) is 1. The van der Waals surface area contributed by atoms with Crippen molar-refractivity contribution < 1.29 is 9.90 Å². The lowest BCUT2D eigenvalue weighted by atomic mass is 10.2. The van der Waals surface area contributed by atoms with Crippen LogP contribution >= 0.6 is 22.7 Å². The Morgan fingerprint density at radius 1 is 1.56 bits per heavy atom. The Bertz CT molecular complexity index is 508. The highest BCUT2D eigenvalue weighted by atomic mass is 32.1. The average molecular weight is 282 g/mol. The van der Waals surface area contributed by atoms with Gasteiger partial charge in [-0.3, -0.25) is 4.79 Å². The van der Waals surface area contributed by atoms with E-state index in [0.717, 1.165) is 10.8 Å². The maximum absolute atomic E-state index is 10.5. The summed E-state index contributed by atoms with van der Waals surface area (Å²) in [4.78, 5) is 14.9. The summed E-state index contributed by atoms with van der Waals surface area (Å²) in [5.41, 5.74) is 2.07. The third-order valence-corrected chi connectivity index (χ3v) is 4.05. The summed E-state index contributed by atoms with van der Waals surface area (Å²) in [6.07, 6.45) is 0.615. The molecule has 2 N–H and O–H groups in total. The molecule has 0 amide bonds. The van der Waals surface area contributed by atoms with Crippen LogP contribution in [0.4, 0.5) is 5.13 Å². The van der Waals surface area contributed by atoms with Crippen molar-refractivity contribution in [1.82, 2.24) is 4.98 Å². The number of aromatic nitrogens is 1. The third kappa shape index (κ3) is 3.54. The lowest BCUT2D eigenvalue weighted by Crippen LogP contribution is -2.05. The lowest BCUT2D eigenvalue weighted by Gasteiger charge is -2.10. The summed E-state index contributed by atoms with van der Waals surface area (Å²) < 4.78 is 0. The monoisotopic (exact) mass is 282 g/mol. The smallest absolute Gasteiger partial charge is 0.303 e. The van der Waals surface area contributed by atoms with Crippen LogP contribution in [0.25, 0.3) is 0 Å². The molecule has 0 fully saturated rings. The number of thiazole rings is 1. The SMILES string of the molecule is CC(Nc1nc(CCC(=O)O)cs1)c1ccsc1. The zero-order valence-electron chi connectivity index (χ0n) is 9.92. The molecule has 0 radical (unpaired) electrons. The van der Waals surface area contributed by atoms with Gasteiger partial charge in [0.15, 0.2) is 5.13 Å².